The summed E-state index contributed by atoms with van der Waals surface area (Å²) in [7, 11) is 0. The van der Waals surface area contributed by atoms with Gasteiger partial charge in [0, 0.05) is 6.04 Å². The molecule has 0 bridgehead atoms. The molecule has 0 aliphatic rings. The summed E-state index contributed by atoms with van der Waals surface area (Å²) in [4.78, 5) is 0. The minimum Gasteiger partial charge on any atom is -0.490 e. The van der Waals surface area contributed by atoms with Crippen molar-refractivity contribution in [1.29, 1.82) is 0 Å². The van der Waals surface area contributed by atoms with Gasteiger partial charge in [0.25, 0.3) is 0 Å². The Bertz CT molecular complexity index is 289. The monoisotopic (exact) mass is 219 g/mol. The lowest BCUT2D eigenvalue weighted by molar-refractivity contribution is 0.296. The van der Waals surface area contributed by atoms with Gasteiger partial charge in [-0.3, -0.25) is 0 Å². The first-order valence-corrected chi connectivity index (χ1v) is 4.69. The van der Waals surface area contributed by atoms with Crippen LogP contribution in [0.4, 0.5) is 0 Å². The Morgan fingerprint density at radius 2 is 2.15 bits per heavy atom. The van der Waals surface area contributed by atoms with Crippen molar-refractivity contribution < 1.29 is 4.74 Å². The zero-order chi connectivity index (χ0) is 9.84. The molecule has 2 nitrogen and oxygen atoms in total. The predicted octanol–water partition coefficient (Wildman–Crippen LogP) is 2.72. The van der Waals surface area contributed by atoms with Crippen LogP contribution < -0.4 is 10.5 Å². The van der Waals surface area contributed by atoms with Gasteiger partial charge in [0.15, 0.2) is 0 Å². The van der Waals surface area contributed by atoms with E-state index in [1.807, 2.05) is 6.92 Å². The molecule has 72 valence electrons. The average molecular weight is 220 g/mol. The maximum absolute atomic E-state index is 5.88. The first-order valence-electron chi connectivity index (χ1n) is 3.93. The number of hydrogen-bond donors (Lipinski definition) is 1. The van der Waals surface area contributed by atoms with Gasteiger partial charge in [0.1, 0.15) is 17.4 Å². The third-order valence-corrected chi connectivity index (χ3v) is 2.22. The number of hydrogen-bond acceptors (Lipinski definition) is 2. The Hall–Kier alpha value is -0.440. The van der Waals surface area contributed by atoms with Crippen molar-refractivity contribution >= 4 is 23.2 Å². The second kappa shape index (κ2) is 4.70. The number of benzene rings is 1. The molecule has 0 fully saturated rings. The molecule has 0 amide bonds. The molecular weight excluding hydrogens is 209 g/mol. The van der Waals surface area contributed by atoms with E-state index in [9.17, 15) is 0 Å². The van der Waals surface area contributed by atoms with Crippen LogP contribution >= 0.6 is 23.2 Å². The fraction of sp³-hybridized carbons (Fsp3) is 0.333. The van der Waals surface area contributed by atoms with Crippen LogP contribution in [0.1, 0.15) is 6.92 Å². The number of ether oxygens (including phenoxy) is 1. The molecule has 2 N–H and O–H groups in total. The van der Waals surface area contributed by atoms with Crippen molar-refractivity contribution in [1.82, 2.24) is 0 Å². The molecule has 0 heterocycles. The molecule has 1 atom stereocenters. The van der Waals surface area contributed by atoms with E-state index in [-0.39, 0.29) is 6.04 Å². The second-order valence-corrected chi connectivity index (χ2v) is 3.63. The lowest BCUT2D eigenvalue weighted by Gasteiger charge is -2.10. The van der Waals surface area contributed by atoms with Gasteiger partial charge in [-0.1, -0.05) is 29.3 Å². The summed E-state index contributed by atoms with van der Waals surface area (Å²) in [6.45, 7) is 2.29. The topological polar surface area (TPSA) is 35.2 Å². The van der Waals surface area contributed by atoms with Crippen molar-refractivity contribution in [2.24, 2.45) is 5.73 Å². The van der Waals surface area contributed by atoms with Gasteiger partial charge in [-0.2, -0.15) is 0 Å². The molecule has 1 unspecified atom stereocenters. The van der Waals surface area contributed by atoms with Crippen molar-refractivity contribution in [2.45, 2.75) is 13.0 Å². The molecule has 1 aromatic rings. The summed E-state index contributed by atoms with van der Waals surface area (Å²) in [6, 6.07) is 5.24. The molecule has 1 aromatic carbocycles. The van der Waals surface area contributed by atoms with Crippen molar-refractivity contribution in [3.05, 3.63) is 28.2 Å². The highest BCUT2D eigenvalue weighted by Gasteiger charge is 2.05. The van der Waals surface area contributed by atoms with E-state index in [1.54, 1.807) is 18.2 Å². The fourth-order valence-electron chi connectivity index (χ4n) is 0.817. The van der Waals surface area contributed by atoms with Crippen LogP contribution in [0.15, 0.2) is 18.2 Å². The van der Waals surface area contributed by atoms with Crippen molar-refractivity contribution in [3.63, 3.8) is 0 Å². The molecule has 0 radical (unpaired) electrons. The van der Waals surface area contributed by atoms with E-state index in [1.165, 1.54) is 0 Å². The van der Waals surface area contributed by atoms with Crippen molar-refractivity contribution in [2.75, 3.05) is 6.61 Å². The maximum atomic E-state index is 5.88. The molecule has 1 rings (SSSR count). The summed E-state index contributed by atoms with van der Waals surface area (Å²) in [6.07, 6.45) is 0. The van der Waals surface area contributed by atoms with Gasteiger partial charge >= 0.3 is 0 Å². The van der Waals surface area contributed by atoms with Crippen LogP contribution in [-0.2, 0) is 0 Å². The van der Waals surface area contributed by atoms with Gasteiger partial charge in [-0.15, -0.1) is 0 Å². The fourth-order valence-corrected chi connectivity index (χ4v) is 1.16. The van der Waals surface area contributed by atoms with Gasteiger partial charge < -0.3 is 10.5 Å². The summed E-state index contributed by atoms with van der Waals surface area (Å²) >= 11 is 11.7. The quantitative estimate of drug-likeness (QED) is 0.849. The first kappa shape index (κ1) is 10.6. The van der Waals surface area contributed by atoms with Crippen LogP contribution in [-0.4, -0.2) is 12.6 Å². The molecule has 0 aliphatic carbocycles. The number of rotatable bonds is 3. The van der Waals surface area contributed by atoms with E-state index in [4.69, 9.17) is 33.7 Å². The van der Waals surface area contributed by atoms with Crippen LogP contribution in [0.5, 0.6) is 5.75 Å². The summed E-state index contributed by atoms with van der Waals surface area (Å²) < 4.78 is 5.34. The van der Waals surface area contributed by atoms with Crippen LogP contribution in [0.2, 0.25) is 10.0 Å². The predicted molar refractivity (Wildman–Crippen MR) is 55.6 cm³/mol. The molecule has 0 saturated carbocycles. The summed E-state index contributed by atoms with van der Waals surface area (Å²) in [5, 5.41) is 0.925. The SMILES string of the molecule is CC(N)COc1cccc(Cl)c1Cl. The van der Waals surface area contributed by atoms with Gasteiger partial charge in [-0.25, -0.2) is 0 Å². The van der Waals surface area contributed by atoms with E-state index in [2.05, 4.69) is 0 Å². The highest BCUT2D eigenvalue weighted by atomic mass is 35.5. The zero-order valence-corrected chi connectivity index (χ0v) is 8.77. The molecular formula is C9H11Cl2NO. The molecule has 0 aliphatic heterocycles. The van der Waals surface area contributed by atoms with Crippen LogP contribution in [0.3, 0.4) is 0 Å². The Morgan fingerprint density at radius 1 is 1.46 bits per heavy atom. The minimum absolute atomic E-state index is 0.0185. The van der Waals surface area contributed by atoms with E-state index >= 15 is 0 Å². The van der Waals surface area contributed by atoms with Crippen LogP contribution in [0, 0.1) is 0 Å². The third kappa shape index (κ3) is 3.07. The molecule has 4 heteroatoms. The second-order valence-electron chi connectivity index (χ2n) is 2.84. The average Bonchev–Trinajstić information content (AvgIpc) is 2.07. The largest absolute Gasteiger partial charge is 0.490 e. The van der Waals surface area contributed by atoms with Gasteiger partial charge in [0.2, 0.25) is 0 Å². The zero-order valence-electron chi connectivity index (χ0n) is 7.26. The van der Waals surface area contributed by atoms with Gasteiger partial charge in [-0.05, 0) is 19.1 Å². The lowest BCUT2D eigenvalue weighted by atomic mass is 10.3. The summed E-state index contributed by atoms with van der Waals surface area (Å²) in [5.74, 6) is 0.575. The molecule has 0 saturated heterocycles. The molecule has 13 heavy (non-hydrogen) atoms. The number of nitrogens with two attached hydrogens (primary N) is 1. The Labute approximate surface area is 87.6 Å². The number of halogens is 2. The molecule has 0 aromatic heterocycles. The summed E-state index contributed by atoms with van der Waals surface area (Å²) in [5.41, 5.74) is 5.53. The Kier molecular flexibility index (Phi) is 3.85. The normalized spacial score (nSPS) is 12.6. The lowest BCUT2D eigenvalue weighted by Crippen LogP contribution is -2.23. The van der Waals surface area contributed by atoms with E-state index in [0.717, 1.165) is 0 Å². The highest BCUT2D eigenvalue weighted by molar-refractivity contribution is 6.42. The van der Waals surface area contributed by atoms with E-state index in [0.29, 0.717) is 22.4 Å². The Balaban J connectivity index is 2.71. The molecule has 0 spiro atoms. The first-order chi connectivity index (χ1) is 6.11. The van der Waals surface area contributed by atoms with Crippen LogP contribution in [0.25, 0.3) is 0 Å². The third-order valence-electron chi connectivity index (χ3n) is 1.42. The highest BCUT2D eigenvalue weighted by Crippen LogP contribution is 2.31. The van der Waals surface area contributed by atoms with Crippen molar-refractivity contribution in [3.8, 4) is 5.75 Å². The van der Waals surface area contributed by atoms with Gasteiger partial charge in [0.05, 0.1) is 5.02 Å². The minimum atomic E-state index is -0.0185. The van der Waals surface area contributed by atoms with E-state index < -0.39 is 0 Å². The Morgan fingerprint density at radius 3 is 2.77 bits per heavy atom. The standard InChI is InChI=1S/C9H11Cl2NO/c1-6(12)5-13-8-4-2-3-7(10)9(8)11/h2-4,6H,5,12H2,1H3. The maximum Gasteiger partial charge on any atom is 0.139 e. The smallest absolute Gasteiger partial charge is 0.139 e.